The van der Waals surface area contributed by atoms with Gasteiger partial charge in [0.25, 0.3) is 5.91 Å². The van der Waals surface area contributed by atoms with Crippen LogP contribution in [0.4, 0.5) is 0 Å². The lowest BCUT2D eigenvalue weighted by atomic mass is 9.90. The van der Waals surface area contributed by atoms with Crippen molar-refractivity contribution in [2.75, 3.05) is 12.4 Å². The highest BCUT2D eigenvalue weighted by Gasteiger charge is 2.21. The van der Waals surface area contributed by atoms with E-state index in [2.05, 4.69) is 11.9 Å². The van der Waals surface area contributed by atoms with Crippen molar-refractivity contribution in [1.82, 2.24) is 5.32 Å². The minimum absolute atomic E-state index is 0.142. The number of nitrogens with one attached hydrogen (secondary N) is 1. The van der Waals surface area contributed by atoms with E-state index < -0.39 is 5.54 Å². The fraction of sp³-hybridized carbons (Fsp3) is 0.474. The molecule has 1 aromatic rings. The van der Waals surface area contributed by atoms with E-state index in [0.29, 0.717) is 17.2 Å². The highest BCUT2D eigenvalue weighted by molar-refractivity contribution is 8.02. The molecule has 6 nitrogen and oxygen atoms in total. The largest absolute Gasteiger partial charge is 0.466 e. The van der Waals surface area contributed by atoms with E-state index in [1.807, 2.05) is 19.1 Å². The predicted molar refractivity (Wildman–Crippen MR) is 107 cm³/mol. The van der Waals surface area contributed by atoms with Gasteiger partial charge in [-0.3, -0.25) is 9.59 Å². The number of thioether (sulfide) groups is 1. The molecule has 0 aliphatic rings. The number of nitrogens with two attached hydrogens (primary N) is 2. The highest BCUT2D eigenvalue weighted by Crippen LogP contribution is 2.25. The van der Waals surface area contributed by atoms with Gasteiger partial charge in [-0.1, -0.05) is 18.7 Å². The maximum Gasteiger partial charge on any atom is 0.307 e. The molecular weight excluding hydrogens is 350 g/mol. The molecule has 5 N–H and O–H groups in total. The third kappa shape index (κ3) is 7.49. The number of benzene rings is 1. The minimum Gasteiger partial charge on any atom is -0.466 e. The summed E-state index contributed by atoms with van der Waals surface area (Å²) in [6.45, 7) is 9.45. The molecule has 7 heteroatoms. The fourth-order valence-corrected chi connectivity index (χ4v) is 3.16. The van der Waals surface area contributed by atoms with E-state index in [-0.39, 0.29) is 24.3 Å². The van der Waals surface area contributed by atoms with Crippen molar-refractivity contribution in [3.63, 3.8) is 0 Å². The van der Waals surface area contributed by atoms with Gasteiger partial charge in [-0.25, -0.2) is 0 Å². The second-order valence-electron chi connectivity index (χ2n) is 6.44. The molecule has 1 rings (SSSR count). The maximum absolute atomic E-state index is 12.3. The van der Waals surface area contributed by atoms with Crippen molar-refractivity contribution in [3.05, 3.63) is 47.0 Å². The smallest absolute Gasteiger partial charge is 0.307 e. The molecule has 0 aliphatic heterocycles. The first-order chi connectivity index (χ1) is 12.2. The van der Waals surface area contributed by atoms with Crippen molar-refractivity contribution in [1.29, 1.82) is 0 Å². The van der Waals surface area contributed by atoms with Crippen molar-refractivity contribution in [2.24, 2.45) is 11.5 Å². The molecule has 0 fully saturated rings. The van der Waals surface area contributed by atoms with Crippen molar-refractivity contribution in [3.8, 4) is 0 Å². The van der Waals surface area contributed by atoms with Gasteiger partial charge in [0.05, 0.1) is 18.1 Å². The van der Waals surface area contributed by atoms with Crippen LogP contribution in [0.3, 0.4) is 0 Å². The molecule has 0 saturated heterocycles. The molecule has 1 aromatic carbocycles. The Labute approximate surface area is 159 Å². The Balaban J connectivity index is 2.63. The van der Waals surface area contributed by atoms with E-state index in [0.717, 1.165) is 17.7 Å². The molecule has 0 radical (unpaired) electrons. The van der Waals surface area contributed by atoms with Crippen LogP contribution in [0, 0.1) is 0 Å². The number of amides is 1. The van der Waals surface area contributed by atoms with Crippen molar-refractivity contribution < 1.29 is 14.3 Å². The Hall–Kier alpha value is -1.99. The van der Waals surface area contributed by atoms with Crippen LogP contribution in [-0.4, -0.2) is 30.3 Å². The first kappa shape index (κ1) is 22.1. The van der Waals surface area contributed by atoms with Gasteiger partial charge in [0, 0.05) is 22.9 Å². The van der Waals surface area contributed by atoms with E-state index in [4.69, 9.17) is 16.2 Å². The summed E-state index contributed by atoms with van der Waals surface area (Å²) >= 11 is 1.48. The van der Waals surface area contributed by atoms with E-state index >= 15 is 0 Å². The number of carbonyl (C=O) groups excluding carboxylic acids is 2. The quantitative estimate of drug-likeness (QED) is 0.539. The lowest BCUT2D eigenvalue weighted by Gasteiger charge is -2.25. The summed E-state index contributed by atoms with van der Waals surface area (Å²) in [6, 6.07) is 6.88. The Kier molecular flexibility index (Phi) is 8.68. The van der Waals surface area contributed by atoms with Crippen LogP contribution >= 0.6 is 11.8 Å². The summed E-state index contributed by atoms with van der Waals surface area (Å²) in [5, 5.41) is 3.37. The fourth-order valence-electron chi connectivity index (χ4n) is 2.37. The van der Waals surface area contributed by atoms with Crippen LogP contribution in [0.1, 0.15) is 49.5 Å². The van der Waals surface area contributed by atoms with Crippen LogP contribution in [0.25, 0.3) is 0 Å². The average Bonchev–Trinajstić information content (AvgIpc) is 2.54. The monoisotopic (exact) mass is 379 g/mol. The summed E-state index contributed by atoms with van der Waals surface area (Å²) in [6.07, 6.45) is 0.874. The van der Waals surface area contributed by atoms with Gasteiger partial charge in [0.2, 0.25) is 0 Å². The van der Waals surface area contributed by atoms with Crippen molar-refractivity contribution >= 4 is 23.6 Å². The van der Waals surface area contributed by atoms with Crippen LogP contribution in [0.15, 0.2) is 35.9 Å². The topological polar surface area (TPSA) is 107 Å². The molecule has 2 unspecified atom stereocenters. The summed E-state index contributed by atoms with van der Waals surface area (Å²) < 4.78 is 4.88. The van der Waals surface area contributed by atoms with Gasteiger partial charge in [0.15, 0.2) is 0 Å². The number of hydrogen-bond acceptors (Lipinski definition) is 6. The van der Waals surface area contributed by atoms with Crippen LogP contribution < -0.4 is 16.8 Å². The predicted octanol–water partition coefficient (Wildman–Crippen LogP) is 2.49. The van der Waals surface area contributed by atoms with Crippen LogP contribution in [-0.2, 0) is 15.1 Å². The van der Waals surface area contributed by atoms with Crippen LogP contribution in [0.5, 0.6) is 0 Å². The molecule has 0 saturated carbocycles. The number of carbonyl (C=O) groups is 2. The Bertz CT molecular complexity index is 629. The SMILES string of the molecule is C=C(N)SCCC(C)(N)c1ccc(C(=O)NC(C)CC(=O)OCC)cc1. The molecular formula is C19H29N3O3S. The zero-order valence-electron chi connectivity index (χ0n) is 15.7. The third-order valence-corrected chi connectivity index (χ3v) is 4.65. The molecule has 26 heavy (non-hydrogen) atoms. The molecule has 0 aromatic heterocycles. The van der Waals surface area contributed by atoms with Crippen LogP contribution in [0.2, 0.25) is 0 Å². The molecule has 2 atom stereocenters. The standard InChI is InChI=1S/C19H29N3O3S/c1-5-25-17(23)12-13(2)22-18(24)15-6-8-16(9-7-15)19(4,21)10-11-26-14(3)20/h6-9,13H,3,5,10-12,20-21H2,1-2,4H3,(H,22,24). The molecule has 144 valence electrons. The average molecular weight is 380 g/mol. The summed E-state index contributed by atoms with van der Waals surface area (Å²) in [5.41, 5.74) is 12.9. The lowest BCUT2D eigenvalue weighted by Crippen LogP contribution is -2.35. The molecule has 0 spiro atoms. The Morgan fingerprint density at radius 3 is 2.50 bits per heavy atom. The summed E-state index contributed by atoms with van der Waals surface area (Å²) in [5.74, 6) is 0.213. The first-order valence-corrected chi connectivity index (χ1v) is 9.57. The van der Waals surface area contributed by atoms with Gasteiger partial charge >= 0.3 is 5.97 Å². The molecule has 0 aliphatic carbocycles. The molecule has 0 heterocycles. The third-order valence-electron chi connectivity index (χ3n) is 3.87. The number of ether oxygens (including phenoxy) is 1. The first-order valence-electron chi connectivity index (χ1n) is 8.58. The van der Waals surface area contributed by atoms with Gasteiger partial charge in [-0.15, -0.1) is 11.8 Å². The maximum atomic E-state index is 12.3. The lowest BCUT2D eigenvalue weighted by molar-refractivity contribution is -0.143. The molecule has 0 bridgehead atoms. The van der Waals surface area contributed by atoms with Gasteiger partial charge in [0.1, 0.15) is 0 Å². The van der Waals surface area contributed by atoms with E-state index in [1.54, 1.807) is 26.0 Å². The normalized spacial score (nSPS) is 14.2. The second kappa shape index (κ2) is 10.2. The Morgan fingerprint density at radius 2 is 1.96 bits per heavy atom. The second-order valence-corrected chi connectivity index (χ2v) is 7.66. The zero-order chi connectivity index (χ0) is 19.7. The zero-order valence-corrected chi connectivity index (χ0v) is 16.5. The van der Waals surface area contributed by atoms with E-state index in [1.165, 1.54) is 11.8 Å². The molecule has 1 amide bonds. The number of rotatable bonds is 10. The number of esters is 1. The summed E-state index contributed by atoms with van der Waals surface area (Å²) in [4.78, 5) is 23.7. The van der Waals surface area contributed by atoms with Gasteiger partial charge in [-0.2, -0.15) is 0 Å². The van der Waals surface area contributed by atoms with Gasteiger partial charge < -0.3 is 21.5 Å². The minimum atomic E-state index is -0.519. The summed E-state index contributed by atoms with van der Waals surface area (Å²) in [7, 11) is 0. The van der Waals surface area contributed by atoms with E-state index in [9.17, 15) is 9.59 Å². The van der Waals surface area contributed by atoms with Crippen molar-refractivity contribution in [2.45, 2.75) is 45.2 Å². The highest BCUT2D eigenvalue weighted by atomic mass is 32.2. The van der Waals surface area contributed by atoms with Gasteiger partial charge in [-0.05, 0) is 44.9 Å². The Morgan fingerprint density at radius 1 is 1.35 bits per heavy atom. The number of hydrogen-bond donors (Lipinski definition) is 3.